The summed E-state index contributed by atoms with van der Waals surface area (Å²) in [6, 6.07) is 29.4. The van der Waals surface area contributed by atoms with Gasteiger partial charge in [-0.3, -0.25) is 19.4 Å². The van der Waals surface area contributed by atoms with Crippen molar-refractivity contribution in [1.29, 1.82) is 15.8 Å². The van der Waals surface area contributed by atoms with Crippen molar-refractivity contribution in [2.24, 2.45) is 0 Å². The molecular formula is C45H46FN5O6. The van der Waals surface area contributed by atoms with Crippen LogP contribution in [0, 0.1) is 46.7 Å². The van der Waals surface area contributed by atoms with E-state index in [1.54, 1.807) is 63.2 Å². The normalized spacial score (nSPS) is 18.4. The number of benzene rings is 4. The molecular weight excluding hydrogens is 726 g/mol. The molecule has 0 aromatic heterocycles. The predicted molar refractivity (Wildman–Crippen MR) is 209 cm³/mol. The number of hydrogen-bond donors (Lipinski definition) is 2. The first-order chi connectivity index (χ1) is 27.3. The van der Waals surface area contributed by atoms with Crippen molar-refractivity contribution >= 4 is 11.9 Å². The minimum absolute atomic E-state index is 0.0222. The zero-order valence-corrected chi connectivity index (χ0v) is 32.6. The van der Waals surface area contributed by atoms with E-state index in [0.717, 1.165) is 39.8 Å². The number of aliphatic carboxylic acids is 2. The monoisotopic (exact) mass is 771 g/mol. The van der Waals surface area contributed by atoms with Crippen molar-refractivity contribution in [2.75, 3.05) is 33.7 Å². The highest BCUT2D eigenvalue weighted by atomic mass is 19.1. The average Bonchev–Trinajstić information content (AvgIpc) is 3.77. The number of fused-ring (bicyclic) bond motifs is 2. The first-order valence-electron chi connectivity index (χ1n) is 18.7. The molecule has 0 aliphatic carbocycles. The number of halogens is 1. The number of carbonyl (C=O) groups is 2. The van der Waals surface area contributed by atoms with E-state index in [1.165, 1.54) is 6.07 Å². The van der Waals surface area contributed by atoms with Gasteiger partial charge in [0.15, 0.2) is 0 Å². The molecule has 2 N–H and O–H groups in total. The van der Waals surface area contributed by atoms with Gasteiger partial charge < -0.3 is 19.7 Å². The van der Waals surface area contributed by atoms with E-state index in [2.05, 4.69) is 18.2 Å². The molecule has 12 heteroatoms. The molecule has 0 bridgehead atoms. The van der Waals surface area contributed by atoms with Gasteiger partial charge >= 0.3 is 11.9 Å². The Kier molecular flexibility index (Phi) is 13.6. The number of likely N-dealkylation sites (N-methyl/N-ethyl adjacent to an activating group) is 2. The molecule has 0 radical (unpaired) electrons. The van der Waals surface area contributed by atoms with Crippen molar-refractivity contribution in [2.45, 2.75) is 70.0 Å². The third-order valence-electron chi connectivity index (χ3n) is 10.9. The van der Waals surface area contributed by atoms with Crippen molar-refractivity contribution in [3.63, 3.8) is 0 Å². The van der Waals surface area contributed by atoms with Crippen LogP contribution < -0.4 is 0 Å². The molecule has 4 aromatic carbocycles. The third-order valence-corrected chi connectivity index (χ3v) is 10.9. The number of aryl methyl sites for hydroxylation is 1. The molecule has 2 aliphatic rings. The van der Waals surface area contributed by atoms with Crippen LogP contribution in [0.1, 0.15) is 88.2 Å². The second-order valence-corrected chi connectivity index (χ2v) is 14.7. The van der Waals surface area contributed by atoms with E-state index in [9.17, 15) is 29.6 Å². The van der Waals surface area contributed by atoms with Crippen LogP contribution in [0.3, 0.4) is 0 Å². The predicted octanol–water partition coefficient (Wildman–Crippen LogP) is 6.97. The maximum atomic E-state index is 13.8. The van der Waals surface area contributed by atoms with Gasteiger partial charge in [0.25, 0.3) is 0 Å². The summed E-state index contributed by atoms with van der Waals surface area (Å²) in [4.78, 5) is 25.6. The minimum Gasteiger partial charge on any atom is -0.480 e. The highest BCUT2D eigenvalue weighted by Crippen LogP contribution is 2.47. The molecule has 0 spiro atoms. The van der Waals surface area contributed by atoms with Gasteiger partial charge in [-0.1, -0.05) is 30.3 Å². The Balaban J connectivity index is 0.000000218. The second kappa shape index (κ2) is 18.3. The molecule has 11 nitrogen and oxygen atoms in total. The van der Waals surface area contributed by atoms with Gasteiger partial charge in [0.1, 0.15) is 23.1 Å². The van der Waals surface area contributed by atoms with E-state index in [0.29, 0.717) is 67.8 Å². The molecule has 294 valence electrons. The van der Waals surface area contributed by atoms with Gasteiger partial charge in [-0.05, 0) is 154 Å². The van der Waals surface area contributed by atoms with Crippen LogP contribution in [0.15, 0.2) is 78.9 Å². The fourth-order valence-corrected chi connectivity index (χ4v) is 7.67. The number of rotatable bonds is 14. The molecule has 6 rings (SSSR count). The number of carboxylic acid groups (broad SMARTS) is 2. The van der Waals surface area contributed by atoms with Crippen LogP contribution in [0.5, 0.6) is 0 Å². The number of nitriles is 3. The fourth-order valence-electron chi connectivity index (χ4n) is 7.67. The van der Waals surface area contributed by atoms with Crippen LogP contribution in [0.2, 0.25) is 0 Å². The Morgan fingerprint density at radius 2 is 1.25 bits per heavy atom. The number of carboxylic acids is 2. The zero-order valence-electron chi connectivity index (χ0n) is 32.6. The van der Waals surface area contributed by atoms with Crippen molar-refractivity contribution in [3.8, 4) is 18.2 Å². The molecule has 3 unspecified atom stereocenters. The Morgan fingerprint density at radius 3 is 1.74 bits per heavy atom. The molecule has 0 amide bonds. The van der Waals surface area contributed by atoms with Crippen LogP contribution in [-0.4, -0.2) is 71.7 Å². The number of ether oxygens (including phenoxy) is 2. The SMILES string of the molecule is CC(C(=O)O)N(C)CCCC1(c2ccc(C#N)cc2)OCc2cc(C#N)ccc21.Cc1cc(C2(CCCN(C)CC(=O)O)OCc3cc(C#N)ccc32)ccc1F. The molecule has 0 saturated heterocycles. The molecule has 3 atom stereocenters. The van der Waals surface area contributed by atoms with Crippen molar-refractivity contribution in [1.82, 2.24) is 9.80 Å². The number of hydrogen-bond acceptors (Lipinski definition) is 9. The number of nitrogens with zero attached hydrogens (tertiary/aromatic N) is 5. The van der Waals surface area contributed by atoms with Gasteiger partial charge in [-0.25, -0.2) is 4.39 Å². The standard InChI is InChI=1S/C23H23N3O3.C22H23FN2O3/c1-16(22(27)28)26(2)11-3-10-23(20-7-4-17(13-24)5-8-20)21-9-6-18(14-25)12-19(21)15-29-23;1-15-10-18(5-7-20(15)23)22(8-3-9-25(2)13-21(26)27)19-6-4-16(12-24)11-17(19)14-28-22/h4-9,12,16H,3,10-11,15H2,1-2H3,(H,27,28);4-7,10-11H,3,8-9,13-14H2,1-2H3,(H,26,27). The van der Waals surface area contributed by atoms with Crippen molar-refractivity contribution < 1.29 is 33.7 Å². The molecule has 2 heterocycles. The first-order valence-corrected chi connectivity index (χ1v) is 18.7. The van der Waals surface area contributed by atoms with E-state index in [4.69, 9.17) is 19.8 Å². The Bertz CT molecular complexity index is 2240. The van der Waals surface area contributed by atoms with Gasteiger partial charge in [0, 0.05) is 0 Å². The minimum atomic E-state index is -0.863. The van der Waals surface area contributed by atoms with Gasteiger partial charge in [-0.2, -0.15) is 15.8 Å². The van der Waals surface area contributed by atoms with E-state index in [-0.39, 0.29) is 12.4 Å². The smallest absolute Gasteiger partial charge is 0.320 e. The zero-order chi connectivity index (χ0) is 41.3. The lowest BCUT2D eigenvalue weighted by atomic mass is 9.81. The molecule has 57 heavy (non-hydrogen) atoms. The van der Waals surface area contributed by atoms with Gasteiger partial charge in [0.2, 0.25) is 0 Å². The molecule has 4 aromatic rings. The molecule has 0 fully saturated rings. The summed E-state index contributed by atoms with van der Waals surface area (Å²) in [6.45, 7) is 5.37. The Labute approximate surface area is 332 Å². The third kappa shape index (κ3) is 9.37. The Hall–Kier alpha value is -5.94. The first kappa shape index (κ1) is 42.2. The maximum absolute atomic E-state index is 13.8. The van der Waals surface area contributed by atoms with E-state index >= 15 is 0 Å². The molecule has 2 aliphatic heterocycles. The van der Waals surface area contributed by atoms with E-state index in [1.807, 2.05) is 47.4 Å². The highest BCUT2D eigenvalue weighted by Gasteiger charge is 2.43. The summed E-state index contributed by atoms with van der Waals surface area (Å²) in [5.74, 6) is -1.98. The second-order valence-electron chi connectivity index (χ2n) is 14.7. The maximum Gasteiger partial charge on any atom is 0.320 e. The largest absolute Gasteiger partial charge is 0.480 e. The van der Waals surface area contributed by atoms with Crippen LogP contribution in [-0.2, 0) is 43.5 Å². The summed E-state index contributed by atoms with van der Waals surface area (Å²) in [5, 5.41) is 45.6. The lowest BCUT2D eigenvalue weighted by molar-refractivity contribution is -0.142. The quantitative estimate of drug-likeness (QED) is 0.136. The lowest BCUT2D eigenvalue weighted by Crippen LogP contribution is -2.37. The summed E-state index contributed by atoms with van der Waals surface area (Å²) in [6.07, 6.45) is 2.72. The Morgan fingerprint density at radius 1 is 0.754 bits per heavy atom. The highest BCUT2D eigenvalue weighted by molar-refractivity contribution is 5.72. The lowest BCUT2D eigenvalue weighted by Gasteiger charge is -2.32. The summed E-state index contributed by atoms with van der Waals surface area (Å²) < 4.78 is 26.5. The topological polar surface area (TPSA) is 171 Å². The van der Waals surface area contributed by atoms with Crippen LogP contribution in [0.25, 0.3) is 0 Å². The van der Waals surface area contributed by atoms with E-state index < -0.39 is 29.2 Å². The van der Waals surface area contributed by atoms with Crippen LogP contribution in [0.4, 0.5) is 4.39 Å². The van der Waals surface area contributed by atoms with Crippen LogP contribution >= 0.6 is 0 Å². The molecule has 0 saturated carbocycles. The van der Waals surface area contributed by atoms with Gasteiger partial charge in [0.05, 0.1) is 54.7 Å². The average molecular weight is 772 g/mol. The van der Waals surface area contributed by atoms with Crippen molar-refractivity contribution in [3.05, 3.63) is 140 Å². The summed E-state index contributed by atoms with van der Waals surface area (Å²) in [7, 11) is 3.57. The summed E-state index contributed by atoms with van der Waals surface area (Å²) >= 11 is 0. The fraction of sp³-hybridized carbons (Fsp3) is 0.356. The summed E-state index contributed by atoms with van der Waals surface area (Å²) in [5.41, 5.74) is 6.67. The van der Waals surface area contributed by atoms with Gasteiger partial charge in [-0.15, -0.1) is 0 Å².